The van der Waals surface area contributed by atoms with Crippen LogP contribution >= 0.6 is 12.4 Å². The Morgan fingerprint density at radius 3 is 2.31 bits per heavy atom. The van der Waals surface area contributed by atoms with Gasteiger partial charge in [0.15, 0.2) is 0 Å². The highest BCUT2D eigenvalue weighted by Crippen LogP contribution is 2.11. The summed E-state index contributed by atoms with van der Waals surface area (Å²) in [7, 11) is 0. The molecule has 1 rings (SSSR count). The van der Waals surface area contributed by atoms with E-state index in [1.807, 2.05) is 6.07 Å². The van der Waals surface area contributed by atoms with Crippen molar-refractivity contribution in [3.63, 3.8) is 0 Å². The molecule has 1 unspecified atom stereocenters. The summed E-state index contributed by atoms with van der Waals surface area (Å²) in [6, 6.07) is 8.69. The Morgan fingerprint density at radius 1 is 1.38 bits per heavy atom. The second-order valence-electron chi connectivity index (χ2n) is 2.31. The van der Waals surface area contributed by atoms with E-state index in [-0.39, 0.29) is 12.4 Å². The van der Waals surface area contributed by atoms with Gasteiger partial charge < -0.3 is 0 Å². The fourth-order valence-corrected chi connectivity index (χ4v) is 0.829. The zero-order valence-corrected chi connectivity index (χ0v) is 7.58. The smallest absolute Gasteiger partial charge is 0.291 e. The van der Waals surface area contributed by atoms with Crippen LogP contribution in [-0.4, -0.2) is 0 Å². The van der Waals surface area contributed by atoms with Gasteiger partial charge in [-0.15, -0.1) is 12.4 Å². The molecule has 1 aromatic carbocycles. The molecule has 0 aromatic heterocycles. The maximum Gasteiger partial charge on any atom is 0.300 e. The number of halogens is 1. The van der Waals surface area contributed by atoms with E-state index < -0.39 is 6.17 Å². The molecule has 0 amide bonds. The van der Waals surface area contributed by atoms with Crippen LogP contribution in [0.2, 0.25) is 0 Å². The van der Waals surface area contributed by atoms with Crippen LogP contribution in [-0.2, 0) is 0 Å². The molecule has 0 aliphatic rings. The average Bonchev–Trinajstić information content (AvgIpc) is 2.17. The van der Waals surface area contributed by atoms with Crippen molar-refractivity contribution in [3.8, 4) is 6.07 Å². The lowest BCUT2D eigenvalue weighted by molar-refractivity contribution is 0.905. The molecule has 0 bridgehead atoms. The predicted octanol–water partition coefficient (Wildman–Crippen LogP) is 1.86. The summed E-state index contributed by atoms with van der Waals surface area (Å²) in [5.41, 5.74) is 6.77. The lowest BCUT2D eigenvalue weighted by atomic mass is 10.1. The summed E-state index contributed by atoms with van der Waals surface area (Å²) in [6.45, 7) is 6.68. The summed E-state index contributed by atoms with van der Waals surface area (Å²) in [4.78, 5) is 3.16. The van der Waals surface area contributed by atoms with E-state index in [2.05, 4.69) is 4.85 Å². The monoisotopic (exact) mass is 193 g/mol. The van der Waals surface area contributed by atoms with Crippen molar-refractivity contribution in [2.75, 3.05) is 0 Å². The standard InChI is InChI=1S/C9H7N3.ClH/c1-12-9(11)8-4-2-7(6-10)3-5-8;/h2-5,9H,11H2;1H. The third-order valence-corrected chi connectivity index (χ3v) is 1.52. The molecular weight excluding hydrogens is 186 g/mol. The average molecular weight is 194 g/mol. The van der Waals surface area contributed by atoms with Gasteiger partial charge in [0.05, 0.1) is 11.6 Å². The molecule has 0 fully saturated rings. The van der Waals surface area contributed by atoms with Gasteiger partial charge in [0.2, 0.25) is 0 Å². The molecule has 0 aliphatic heterocycles. The van der Waals surface area contributed by atoms with Crippen molar-refractivity contribution in [1.82, 2.24) is 0 Å². The summed E-state index contributed by atoms with van der Waals surface area (Å²) in [6.07, 6.45) is -0.613. The van der Waals surface area contributed by atoms with Gasteiger partial charge in [-0.3, -0.25) is 10.6 Å². The van der Waals surface area contributed by atoms with Crippen LogP contribution < -0.4 is 5.73 Å². The normalized spacial score (nSPS) is 10.4. The lowest BCUT2D eigenvalue weighted by Crippen LogP contribution is -2.04. The Bertz CT molecular complexity index is 345. The summed E-state index contributed by atoms with van der Waals surface area (Å²) >= 11 is 0. The minimum Gasteiger partial charge on any atom is -0.291 e. The minimum atomic E-state index is -0.613. The van der Waals surface area contributed by atoms with Crippen LogP contribution in [0.1, 0.15) is 17.3 Å². The second kappa shape index (κ2) is 5.16. The fraction of sp³-hybridized carbons (Fsp3) is 0.111. The van der Waals surface area contributed by atoms with Crippen LogP contribution in [0.25, 0.3) is 4.85 Å². The molecule has 1 atom stereocenters. The van der Waals surface area contributed by atoms with Crippen molar-refractivity contribution in [2.24, 2.45) is 5.73 Å². The Balaban J connectivity index is 0.00000144. The van der Waals surface area contributed by atoms with E-state index >= 15 is 0 Å². The molecular formula is C9H8ClN3. The molecule has 4 heteroatoms. The molecule has 66 valence electrons. The fourth-order valence-electron chi connectivity index (χ4n) is 0.829. The third kappa shape index (κ3) is 2.76. The Morgan fingerprint density at radius 2 is 1.92 bits per heavy atom. The van der Waals surface area contributed by atoms with E-state index in [1.54, 1.807) is 24.3 Å². The number of nitrogens with two attached hydrogens (primary N) is 1. The zero-order valence-electron chi connectivity index (χ0n) is 6.77. The molecule has 2 N–H and O–H groups in total. The van der Waals surface area contributed by atoms with Gasteiger partial charge in [-0.05, 0) is 24.3 Å². The number of hydrogen-bond acceptors (Lipinski definition) is 2. The van der Waals surface area contributed by atoms with Crippen molar-refractivity contribution < 1.29 is 0 Å². The molecule has 0 saturated carbocycles. The second-order valence-corrected chi connectivity index (χ2v) is 2.31. The highest BCUT2D eigenvalue weighted by Gasteiger charge is 2.06. The van der Waals surface area contributed by atoms with Crippen molar-refractivity contribution >= 4 is 12.4 Å². The number of nitriles is 1. The van der Waals surface area contributed by atoms with Crippen molar-refractivity contribution in [3.05, 3.63) is 46.8 Å². The first-order valence-corrected chi connectivity index (χ1v) is 3.40. The molecule has 0 spiro atoms. The molecule has 0 radical (unpaired) electrons. The molecule has 0 aliphatic carbocycles. The first kappa shape index (κ1) is 11.4. The summed E-state index contributed by atoms with van der Waals surface area (Å²) in [5.74, 6) is 0. The number of hydrogen-bond donors (Lipinski definition) is 1. The largest absolute Gasteiger partial charge is 0.300 e. The van der Waals surface area contributed by atoms with Crippen LogP contribution in [0.15, 0.2) is 24.3 Å². The SMILES string of the molecule is Cl.[C-]#[N+]C(N)c1ccc(C#N)cc1. The number of rotatable bonds is 1. The van der Waals surface area contributed by atoms with Crippen LogP contribution in [0.4, 0.5) is 0 Å². The highest BCUT2D eigenvalue weighted by molar-refractivity contribution is 5.85. The van der Waals surface area contributed by atoms with E-state index in [0.717, 1.165) is 5.56 Å². The van der Waals surface area contributed by atoms with Crippen molar-refractivity contribution in [1.29, 1.82) is 5.26 Å². The molecule has 0 saturated heterocycles. The highest BCUT2D eigenvalue weighted by atomic mass is 35.5. The Labute approximate surface area is 83.0 Å². The third-order valence-electron chi connectivity index (χ3n) is 1.52. The Kier molecular flexibility index (Phi) is 4.54. The van der Waals surface area contributed by atoms with Gasteiger partial charge in [0.1, 0.15) is 0 Å². The van der Waals surface area contributed by atoms with Gasteiger partial charge in [-0.25, -0.2) is 6.57 Å². The van der Waals surface area contributed by atoms with Crippen LogP contribution in [0, 0.1) is 17.9 Å². The molecule has 1 aromatic rings. The number of nitrogens with zero attached hydrogens (tertiary/aromatic N) is 2. The first-order chi connectivity index (χ1) is 5.77. The molecule has 0 heterocycles. The maximum atomic E-state index is 8.48. The maximum absolute atomic E-state index is 8.48. The van der Waals surface area contributed by atoms with E-state index in [1.165, 1.54) is 0 Å². The predicted molar refractivity (Wildman–Crippen MR) is 51.9 cm³/mol. The van der Waals surface area contributed by atoms with Gasteiger partial charge in [0.25, 0.3) is 0 Å². The van der Waals surface area contributed by atoms with E-state index in [4.69, 9.17) is 17.6 Å². The lowest BCUT2D eigenvalue weighted by Gasteiger charge is -1.97. The van der Waals surface area contributed by atoms with Gasteiger partial charge in [-0.2, -0.15) is 5.26 Å². The quantitative estimate of drug-likeness (QED) is 0.693. The van der Waals surface area contributed by atoms with E-state index in [0.29, 0.717) is 5.56 Å². The van der Waals surface area contributed by atoms with Gasteiger partial charge >= 0.3 is 6.17 Å². The first-order valence-electron chi connectivity index (χ1n) is 3.40. The number of benzene rings is 1. The van der Waals surface area contributed by atoms with Crippen LogP contribution in [0.5, 0.6) is 0 Å². The summed E-state index contributed by atoms with van der Waals surface area (Å²) < 4.78 is 0. The Hall–Kier alpha value is -1.55. The van der Waals surface area contributed by atoms with Crippen molar-refractivity contribution in [2.45, 2.75) is 6.17 Å². The van der Waals surface area contributed by atoms with Gasteiger partial charge in [-0.1, -0.05) is 0 Å². The molecule has 3 nitrogen and oxygen atoms in total. The molecule has 13 heavy (non-hydrogen) atoms. The zero-order chi connectivity index (χ0) is 8.97. The minimum absolute atomic E-state index is 0. The van der Waals surface area contributed by atoms with E-state index in [9.17, 15) is 0 Å². The summed E-state index contributed by atoms with van der Waals surface area (Å²) in [5, 5.41) is 8.48. The van der Waals surface area contributed by atoms with Crippen LogP contribution in [0.3, 0.4) is 0 Å². The topological polar surface area (TPSA) is 54.2 Å². The van der Waals surface area contributed by atoms with Gasteiger partial charge in [0, 0.05) is 5.56 Å².